The van der Waals surface area contributed by atoms with Crippen LogP contribution in [0.5, 0.6) is 0 Å². The number of aryl methyl sites for hydroxylation is 1. The second-order valence-corrected chi connectivity index (χ2v) is 11.6. The molecule has 1 aromatic rings. The van der Waals surface area contributed by atoms with Crippen LogP contribution >= 0.6 is 22.6 Å². The van der Waals surface area contributed by atoms with Crippen molar-refractivity contribution in [1.29, 1.82) is 0 Å². The summed E-state index contributed by atoms with van der Waals surface area (Å²) in [6, 6.07) is 1.22. The Kier molecular flexibility index (Phi) is 4.79. The lowest BCUT2D eigenvalue weighted by molar-refractivity contribution is 0.0855. The van der Waals surface area contributed by atoms with E-state index in [1.54, 1.807) is 0 Å². The minimum absolute atomic E-state index is 0.629. The molecule has 0 aliphatic carbocycles. The van der Waals surface area contributed by atoms with Crippen molar-refractivity contribution in [2.24, 2.45) is 0 Å². The first-order valence-electron chi connectivity index (χ1n) is 5.15. The van der Waals surface area contributed by atoms with Crippen LogP contribution in [0.2, 0.25) is 25.7 Å². The van der Waals surface area contributed by atoms with Gasteiger partial charge >= 0.3 is 0 Å². The van der Waals surface area contributed by atoms with Crippen LogP contribution < -0.4 is 0 Å². The van der Waals surface area contributed by atoms with Gasteiger partial charge in [-0.25, -0.2) is 4.98 Å². The molecule has 0 fully saturated rings. The van der Waals surface area contributed by atoms with Crippen molar-refractivity contribution >= 4 is 30.7 Å². The fraction of sp³-hybridized carbons (Fsp3) is 0.700. The molecule has 1 aromatic heterocycles. The predicted molar refractivity (Wildman–Crippen MR) is 73.8 cm³/mol. The van der Waals surface area contributed by atoms with E-state index in [1.165, 1.54) is 9.74 Å². The van der Waals surface area contributed by atoms with Crippen molar-refractivity contribution in [3.8, 4) is 0 Å². The molecule has 0 atom stereocenters. The van der Waals surface area contributed by atoms with Gasteiger partial charge in [-0.1, -0.05) is 19.6 Å². The van der Waals surface area contributed by atoms with Crippen LogP contribution in [0.25, 0.3) is 0 Å². The molecule has 1 rings (SSSR count). The molecule has 0 aliphatic rings. The zero-order chi connectivity index (χ0) is 11.5. The third-order valence-corrected chi connectivity index (χ3v) is 5.27. The van der Waals surface area contributed by atoms with E-state index in [0.29, 0.717) is 6.73 Å². The van der Waals surface area contributed by atoms with E-state index in [1.807, 2.05) is 17.8 Å². The average Bonchev–Trinajstić information content (AvgIpc) is 2.42. The third kappa shape index (κ3) is 4.65. The summed E-state index contributed by atoms with van der Waals surface area (Å²) >= 11 is 2.30. The van der Waals surface area contributed by atoms with Gasteiger partial charge in [0.2, 0.25) is 0 Å². The molecular formula is C10H19IN2OSi. The number of hydrogen-bond donors (Lipinski definition) is 0. The minimum Gasteiger partial charge on any atom is -0.361 e. The summed E-state index contributed by atoms with van der Waals surface area (Å²) in [5, 5.41) is 0. The molecule has 0 spiro atoms. The Bertz CT molecular complexity index is 320. The molecule has 0 aromatic carbocycles. The van der Waals surface area contributed by atoms with Gasteiger partial charge in [-0.15, -0.1) is 0 Å². The summed E-state index contributed by atoms with van der Waals surface area (Å²) < 4.78 is 8.85. The fourth-order valence-corrected chi connectivity index (χ4v) is 2.26. The lowest BCUT2D eigenvalue weighted by atomic mass is 10.6. The normalized spacial score (nSPS) is 12.1. The Hall–Kier alpha value is 0.117. The summed E-state index contributed by atoms with van der Waals surface area (Å²) in [5.74, 6) is 0. The van der Waals surface area contributed by atoms with E-state index in [4.69, 9.17) is 4.74 Å². The summed E-state index contributed by atoms with van der Waals surface area (Å²) in [6.07, 6.45) is 1.84. The molecule has 0 aliphatic heterocycles. The molecule has 5 heteroatoms. The van der Waals surface area contributed by atoms with E-state index in [0.717, 1.165) is 12.3 Å². The van der Waals surface area contributed by atoms with E-state index in [2.05, 4.69) is 47.2 Å². The highest BCUT2D eigenvalue weighted by Gasteiger charge is 2.12. The van der Waals surface area contributed by atoms with E-state index >= 15 is 0 Å². The van der Waals surface area contributed by atoms with Crippen LogP contribution in [-0.4, -0.2) is 24.2 Å². The van der Waals surface area contributed by atoms with Gasteiger partial charge in [-0.05, 0) is 35.6 Å². The Morgan fingerprint density at radius 3 is 2.60 bits per heavy atom. The average molecular weight is 338 g/mol. The Labute approximate surface area is 106 Å². The van der Waals surface area contributed by atoms with Crippen molar-refractivity contribution in [3.63, 3.8) is 0 Å². The molecule has 0 saturated carbocycles. The van der Waals surface area contributed by atoms with Crippen LogP contribution in [-0.2, 0) is 11.5 Å². The zero-order valence-corrected chi connectivity index (χ0v) is 13.0. The second kappa shape index (κ2) is 5.45. The third-order valence-electron chi connectivity index (χ3n) is 2.17. The second-order valence-electron chi connectivity index (χ2n) is 4.94. The highest BCUT2D eigenvalue weighted by Crippen LogP contribution is 2.11. The van der Waals surface area contributed by atoms with Gasteiger partial charge in [0.15, 0.2) is 0 Å². The lowest BCUT2D eigenvalue weighted by Crippen LogP contribution is -2.22. The highest BCUT2D eigenvalue weighted by molar-refractivity contribution is 14.1. The number of ether oxygens (including phenoxy) is 1. The minimum atomic E-state index is -0.956. The summed E-state index contributed by atoms with van der Waals surface area (Å²) in [7, 11) is -0.956. The standard InChI is InChI=1S/C10H19IN2OSi/c1-9-10(11)13(7-12-9)8-14-5-6-15(2,3)4/h7H,5-6,8H2,1-4H3. The van der Waals surface area contributed by atoms with Gasteiger partial charge in [0.05, 0.1) is 12.0 Å². The first-order valence-corrected chi connectivity index (χ1v) is 9.94. The van der Waals surface area contributed by atoms with Gasteiger partial charge in [-0.3, -0.25) is 0 Å². The molecule has 86 valence electrons. The molecule has 0 N–H and O–H groups in total. The van der Waals surface area contributed by atoms with Crippen molar-refractivity contribution < 1.29 is 4.74 Å². The smallest absolute Gasteiger partial charge is 0.124 e. The van der Waals surface area contributed by atoms with Crippen LogP contribution in [0.15, 0.2) is 6.33 Å². The van der Waals surface area contributed by atoms with Crippen molar-refractivity contribution in [1.82, 2.24) is 9.55 Å². The lowest BCUT2D eigenvalue weighted by Gasteiger charge is -2.15. The summed E-state index contributed by atoms with van der Waals surface area (Å²) in [6.45, 7) is 10.6. The molecular weight excluding hydrogens is 319 g/mol. The number of aromatic nitrogens is 2. The fourth-order valence-electron chi connectivity index (χ4n) is 1.10. The number of rotatable bonds is 5. The van der Waals surface area contributed by atoms with E-state index < -0.39 is 8.07 Å². The molecule has 0 amide bonds. The van der Waals surface area contributed by atoms with Gasteiger partial charge in [0.1, 0.15) is 10.4 Å². The zero-order valence-electron chi connectivity index (χ0n) is 9.88. The van der Waals surface area contributed by atoms with Gasteiger partial charge in [-0.2, -0.15) is 0 Å². The van der Waals surface area contributed by atoms with Gasteiger partial charge in [0.25, 0.3) is 0 Å². The summed E-state index contributed by atoms with van der Waals surface area (Å²) in [5.41, 5.74) is 1.07. The molecule has 0 unspecified atom stereocenters. The molecule has 1 heterocycles. The highest BCUT2D eigenvalue weighted by atomic mass is 127. The quantitative estimate of drug-likeness (QED) is 0.469. The predicted octanol–water partition coefficient (Wildman–Crippen LogP) is 3.11. The molecule has 0 radical (unpaired) electrons. The Morgan fingerprint density at radius 1 is 1.47 bits per heavy atom. The largest absolute Gasteiger partial charge is 0.361 e. The topological polar surface area (TPSA) is 27.1 Å². The van der Waals surface area contributed by atoms with Gasteiger partial charge < -0.3 is 9.30 Å². The van der Waals surface area contributed by atoms with Crippen LogP contribution in [0, 0.1) is 10.6 Å². The first kappa shape index (κ1) is 13.2. The van der Waals surface area contributed by atoms with Crippen LogP contribution in [0.3, 0.4) is 0 Å². The summed E-state index contributed by atoms with van der Waals surface area (Å²) in [4.78, 5) is 4.23. The van der Waals surface area contributed by atoms with Crippen molar-refractivity contribution in [2.75, 3.05) is 6.61 Å². The molecule has 0 saturated heterocycles. The van der Waals surface area contributed by atoms with Gasteiger partial charge in [0, 0.05) is 14.7 Å². The van der Waals surface area contributed by atoms with Crippen LogP contribution in [0.4, 0.5) is 0 Å². The number of halogens is 1. The maximum Gasteiger partial charge on any atom is 0.124 e. The molecule has 0 bridgehead atoms. The Balaban J connectivity index is 2.30. The number of hydrogen-bond acceptors (Lipinski definition) is 2. The molecule has 3 nitrogen and oxygen atoms in total. The maximum atomic E-state index is 5.64. The first-order chi connectivity index (χ1) is 6.90. The Morgan fingerprint density at radius 2 is 2.13 bits per heavy atom. The number of imidazole rings is 1. The monoisotopic (exact) mass is 338 g/mol. The number of nitrogens with zero attached hydrogens (tertiary/aromatic N) is 2. The SMILES string of the molecule is Cc1ncn(COCC[Si](C)(C)C)c1I. The van der Waals surface area contributed by atoms with Crippen molar-refractivity contribution in [2.45, 2.75) is 39.3 Å². The van der Waals surface area contributed by atoms with Crippen LogP contribution in [0.1, 0.15) is 5.69 Å². The maximum absolute atomic E-state index is 5.64. The van der Waals surface area contributed by atoms with E-state index in [-0.39, 0.29) is 0 Å². The van der Waals surface area contributed by atoms with Crippen molar-refractivity contribution in [3.05, 3.63) is 15.7 Å². The van der Waals surface area contributed by atoms with E-state index in [9.17, 15) is 0 Å². The molecule has 15 heavy (non-hydrogen) atoms.